The number of nitrogens with one attached hydrogen (secondary N) is 1. The molecule has 0 atom stereocenters. The molecular formula is C14H17NO4. The summed E-state index contributed by atoms with van der Waals surface area (Å²) in [5.74, 6) is -1.47. The third-order valence-electron chi connectivity index (χ3n) is 3.44. The first-order valence-corrected chi connectivity index (χ1v) is 6.22. The SMILES string of the molecule is COCCc1ccccc1NC(=O)C1(C(=O)O)CC1. The molecule has 0 bridgehead atoms. The summed E-state index contributed by atoms with van der Waals surface area (Å²) in [5.41, 5.74) is 0.393. The number of carboxylic acid groups (broad SMARTS) is 1. The van der Waals surface area contributed by atoms with Crippen LogP contribution in [0, 0.1) is 5.41 Å². The normalized spacial score (nSPS) is 15.8. The predicted octanol–water partition coefficient (Wildman–Crippen LogP) is 1.68. The van der Waals surface area contributed by atoms with Crippen LogP contribution in [0.2, 0.25) is 0 Å². The highest BCUT2D eigenvalue weighted by atomic mass is 16.5. The number of carbonyl (C=O) groups is 2. The highest BCUT2D eigenvalue weighted by Crippen LogP contribution is 2.46. The fourth-order valence-corrected chi connectivity index (χ4v) is 1.98. The Morgan fingerprint density at radius 1 is 1.37 bits per heavy atom. The molecule has 1 aromatic carbocycles. The first-order chi connectivity index (χ1) is 9.10. The van der Waals surface area contributed by atoms with Gasteiger partial charge in [0.1, 0.15) is 5.41 Å². The molecule has 0 spiro atoms. The first-order valence-electron chi connectivity index (χ1n) is 6.22. The molecule has 19 heavy (non-hydrogen) atoms. The number of rotatable bonds is 6. The van der Waals surface area contributed by atoms with E-state index in [1.165, 1.54) is 0 Å². The van der Waals surface area contributed by atoms with Gasteiger partial charge in [-0.1, -0.05) is 18.2 Å². The van der Waals surface area contributed by atoms with Gasteiger partial charge in [0.15, 0.2) is 0 Å². The zero-order chi connectivity index (χ0) is 13.9. The Morgan fingerprint density at radius 3 is 2.63 bits per heavy atom. The van der Waals surface area contributed by atoms with E-state index in [2.05, 4.69) is 5.32 Å². The van der Waals surface area contributed by atoms with Gasteiger partial charge in [-0.3, -0.25) is 9.59 Å². The first kappa shape index (κ1) is 13.5. The monoisotopic (exact) mass is 263 g/mol. The van der Waals surface area contributed by atoms with Gasteiger partial charge in [-0.25, -0.2) is 0 Å². The molecule has 5 heteroatoms. The maximum Gasteiger partial charge on any atom is 0.319 e. The molecule has 0 radical (unpaired) electrons. The van der Waals surface area contributed by atoms with Gasteiger partial charge in [0, 0.05) is 12.8 Å². The Kier molecular flexibility index (Phi) is 3.85. The standard InChI is InChI=1S/C14H17NO4/c1-19-9-6-10-4-2-3-5-11(10)15-12(16)14(7-8-14)13(17)18/h2-5H,6-9H2,1H3,(H,15,16)(H,17,18). The Balaban J connectivity index is 2.11. The minimum absolute atomic E-state index is 0.411. The quantitative estimate of drug-likeness (QED) is 0.766. The molecule has 5 nitrogen and oxygen atoms in total. The number of aliphatic carboxylic acids is 1. The van der Waals surface area contributed by atoms with Crippen LogP contribution in [-0.2, 0) is 20.7 Å². The van der Waals surface area contributed by atoms with Gasteiger partial charge in [-0.05, 0) is 30.9 Å². The average Bonchev–Trinajstić information content (AvgIpc) is 3.19. The molecule has 1 amide bonds. The number of hydrogen-bond donors (Lipinski definition) is 2. The van der Waals surface area contributed by atoms with Crippen LogP contribution in [0.3, 0.4) is 0 Å². The van der Waals surface area contributed by atoms with E-state index in [0.717, 1.165) is 5.56 Å². The second-order valence-electron chi connectivity index (χ2n) is 4.74. The summed E-state index contributed by atoms with van der Waals surface area (Å²) in [6, 6.07) is 7.37. The zero-order valence-corrected chi connectivity index (χ0v) is 10.8. The number of carbonyl (C=O) groups excluding carboxylic acids is 1. The summed E-state index contributed by atoms with van der Waals surface area (Å²) >= 11 is 0. The van der Waals surface area contributed by atoms with Crippen LogP contribution in [0.25, 0.3) is 0 Å². The number of amides is 1. The van der Waals surface area contributed by atoms with Crippen molar-refractivity contribution in [1.29, 1.82) is 0 Å². The smallest absolute Gasteiger partial charge is 0.319 e. The van der Waals surface area contributed by atoms with Crippen molar-refractivity contribution >= 4 is 17.6 Å². The topological polar surface area (TPSA) is 75.6 Å². The molecule has 0 unspecified atom stereocenters. The highest BCUT2D eigenvalue weighted by molar-refractivity contribution is 6.11. The van der Waals surface area contributed by atoms with Crippen LogP contribution in [0.1, 0.15) is 18.4 Å². The van der Waals surface area contributed by atoms with Crippen LogP contribution < -0.4 is 5.32 Å². The van der Waals surface area contributed by atoms with E-state index in [0.29, 0.717) is 31.6 Å². The Labute approximate surface area is 111 Å². The lowest BCUT2D eigenvalue weighted by molar-refractivity contribution is -0.147. The summed E-state index contributed by atoms with van der Waals surface area (Å²) in [4.78, 5) is 23.1. The van der Waals surface area contributed by atoms with Crippen LogP contribution in [0.4, 0.5) is 5.69 Å². The van der Waals surface area contributed by atoms with E-state index in [4.69, 9.17) is 9.84 Å². The molecule has 1 aliphatic rings. The van der Waals surface area contributed by atoms with Crippen molar-refractivity contribution in [3.05, 3.63) is 29.8 Å². The van der Waals surface area contributed by atoms with E-state index in [-0.39, 0.29) is 0 Å². The largest absolute Gasteiger partial charge is 0.480 e. The third kappa shape index (κ3) is 2.76. The number of hydrogen-bond acceptors (Lipinski definition) is 3. The molecule has 2 N–H and O–H groups in total. The Bertz CT molecular complexity index is 494. The van der Waals surface area contributed by atoms with Gasteiger partial charge in [0.05, 0.1) is 6.61 Å². The van der Waals surface area contributed by atoms with Crippen molar-refractivity contribution in [1.82, 2.24) is 0 Å². The molecule has 0 aliphatic heterocycles. The van der Waals surface area contributed by atoms with Crippen LogP contribution in [-0.4, -0.2) is 30.7 Å². The number of benzene rings is 1. The van der Waals surface area contributed by atoms with Crippen molar-refractivity contribution in [2.75, 3.05) is 19.0 Å². The minimum atomic E-state index is -1.21. The Morgan fingerprint density at radius 2 is 2.05 bits per heavy atom. The van der Waals surface area contributed by atoms with Gasteiger partial charge in [0.2, 0.25) is 5.91 Å². The van der Waals surface area contributed by atoms with E-state index in [9.17, 15) is 9.59 Å². The molecule has 102 valence electrons. The number of para-hydroxylation sites is 1. The number of ether oxygens (including phenoxy) is 1. The number of carboxylic acids is 1. The second-order valence-corrected chi connectivity index (χ2v) is 4.74. The predicted molar refractivity (Wildman–Crippen MR) is 70.0 cm³/mol. The summed E-state index contributed by atoms with van der Waals surface area (Å²) in [5, 5.41) is 11.8. The lowest BCUT2D eigenvalue weighted by Crippen LogP contribution is -2.31. The fourth-order valence-electron chi connectivity index (χ4n) is 1.98. The number of anilines is 1. The zero-order valence-electron chi connectivity index (χ0n) is 10.8. The van der Waals surface area contributed by atoms with Gasteiger partial charge < -0.3 is 15.2 Å². The van der Waals surface area contributed by atoms with Gasteiger partial charge in [0.25, 0.3) is 0 Å². The van der Waals surface area contributed by atoms with Gasteiger partial charge in [-0.15, -0.1) is 0 Å². The molecule has 1 saturated carbocycles. The Hall–Kier alpha value is -1.88. The van der Waals surface area contributed by atoms with E-state index >= 15 is 0 Å². The van der Waals surface area contributed by atoms with E-state index in [1.54, 1.807) is 13.2 Å². The summed E-state index contributed by atoms with van der Waals surface area (Å²) in [6.45, 7) is 0.553. The van der Waals surface area contributed by atoms with Crippen LogP contribution >= 0.6 is 0 Å². The van der Waals surface area contributed by atoms with Crippen molar-refractivity contribution in [2.45, 2.75) is 19.3 Å². The van der Waals surface area contributed by atoms with E-state index in [1.807, 2.05) is 18.2 Å². The minimum Gasteiger partial charge on any atom is -0.480 e. The molecule has 0 aromatic heterocycles. The lowest BCUT2D eigenvalue weighted by Gasteiger charge is -2.14. The molecule has 1 aromatic rings. The van der Waals surface area contributed by atoms with Crippen LogP contribution in [0.5, 0.6) is 0 Å². The molecule has 1 fully saturated rings. The van der Waals surface area contributed by atoms with Crippen molar-refractivity contribution in [3.63, 3.8) is 0 Å². The van der Waals surface area contributed by atoms with E-state index < -0.39 is 17.3 Å². The summed E-state index contributed by atoms with van der Waals surface area (Å²) < 4.78 is 5.02. The molecule has 0 saturated heterocycles. The summed E-state index contributed by atoms with van der Waals surface area (Å²) in [6.07, 6.45) is 1.50. The maximum atomic E-state index is 12.0. The summed E-state index contributed by atoms with van der Waals surface area (Å²) in [7, 11) is 1.62. The molecule has 0 heterocycles. The van der Waals surface area contributed by atoms with Crippen molar-refractivity contribution < 1.29 is 19.4 Å². The van der Waals surface area contributed by atoms with Crippen molar-refractivity contribution in [2.24, 2.45) is 5.41 Å². The van der Waals surface area contributed by atoms with Crippen LogP contribution in [0.15, 0.2) is 24.3 Å². The average molecular weight is 263 g/mol. The number of methoxy groups -OCH3 is 1. The molecule has 1 aliphatic carbocycles. The van der Waals surface area contributed by atoms with Crippen molar-refractivity contribution in [3.8, 4) is 0 Å². The maximum absolute atomic E-state index is 12.0. The lowest BCUT2D eigenvalue weighted by atomic mass is 10.1. The highest BCUT2D eigenvalue weighted by Gasteiger charge is 2.57. The second kappa shape index (κ2) is 5.40. The fraction of sp³-hybridized carbons (Fsp3) is 0.429. The van der Waals surface area contributed by atoms with Gasteiger partial charge >= 0.3 is 5.97 Å². The van der Waals surface area contributed by atoms with Gasteiger partial charge in [-0.2, -0.15) is 0 Å². The molecule has 2 rings (SSSR count). The third-order valence-corrected chi connectivity index (χ3v) is 3.44. The molecular weight excluding hydrogens is 246 g/mol.